The second-order valence-corrected chi connectivity index (χ2v) is 7.25. The van der Waals surface area contributed by atoms with Crippen molar-refractivity contribution in [3.8, 4) is 0 Å². The second kappa shape index (κ2) is 7.72. The van der Waals surface area contributed by atoms with E-state index >= 15 is 0 Å². The van der Waals surface area contributed by atoms with Gasteiger partial charge >= 0.3 is 0 Å². The standard InChI is InChI=1S/C17H23Cl2N3O2/c1-4-21-7-9-22(10-8-21)16(24)17(2,3)15(23)20-12-5-6-13(18)14(19)11-12/h5-6,11H,4,7-10H2,1-3H3,(H,20,23). The molecular formula is C17H23Cl2N3O2. The van der Waals surface area contributed by atoms with E-state index < -0.39 is 5.41 Å². The zero-order chi connectivity index (χ0) is 17.9. The van der Waals surface area contributed by atoms with Gasteiger partial charge in [0, 0.05) is 31.9 Å². The molecule has 0 atom stereocenters. The van der Waals surface area contributed by atoms with Gasteiger partial charge in [-0.15, -0.1) is 0 Å². The van der Waals surface area contributed by atoms with E-state index in [4.69, 9.17) is 23.2 Å². The number of carbonyl (C=O) groups excluding carboxylic acids is 2. The number of nitrogens with zero attached hydrogens (tertiary/aromatic N) is 2. The van der Waals surface area contributed by atoms with Gasteiger partial charge in [-0.2, -0.15) is 0 Å². The number of hydrogen-bond donors (Lipinski definition) is 1. The van der Waals surface area contributed by atoms with Gasteiger partial charge in [-0.05, 0) is 38.6 Å². The summed E-state index contributed by atoms with van der Waals surface area (Å²) in [4.78, 5) is 29.4. The molecule has 0 saturated carbocycles. The molecule has 0 aromatic heterocycles. The number of likely N-dealkylation sites (N-methyl/N-ethyl adjacent to an activating group) is 1. The molecule has 1 aliphatic heterocycles. The average molecular weight is 372 g/mol. The molecule has 0 radical (unpaired) electrons. The summed E-state index contributed by atoms with van der Waals surface area (Å²) in [6, 6.07) is 4.84. The molecule has 1 aromatic carbocycles. The lowest BCUT2D eigenvalue weighted by atomic mass is 9.89. The van der Waals surface area contributed by atoms with Crippen molar-refractivity contribution in [2.75, 3.05) is 38.0 Å². The number of carbonyl (C=O) groups is 2. The van der Waals surface area contributed by atoms with Crippen molar-refractivity contribution >= 4 is 40.7 Å². The molecule has 1 aromatic rings. The highest BCUT2D eigenvalue weighted by Gasteiger charge is 2.40. The van der Waals surface area contributed by atoms with Crippen LogP contribution in [0.4, 0.5) is 5.69 Å². The van der Waals surface area contributed by atoms with Crippen LogP contribution in [0.1, 0.15) is 20.8 Å². The maximum Gasteiger partial charge on any atom is 0.239 e. The first-order valence-corrected chi connectivity index (χ1v) is 8.79. The number of benzene rings is 1. The van der Waals surface area contributed by atoms with Crippen LogP contribution in [0.25, 0.3) is 0 Å². The Labute approximate surface area is 152 Å². The maximum absolute atomic E-state index is 12.8. The van der Waals surface area contributed by atoms with Gasteiger partial charge in [0.25, 0.3) is 0 Å². The van der Waals surface area contributed by atoms with Crippen LogP contribution in [-0.4, -0.2) is 54.3 Å². The van der Waals surface area contributed by atoms with Crippen molar-refractivity contribution in [1.82, 2.24) is 9.80 Å². The van der Waals surface area contributed by atoms with Crippen molar-refractivity contribution in [2.24, 2.45) is 5.41 Å². The average Bonchev–Trinajstić information content (AvgIpc) is 2.57. The van der Waals surface area contributed by atoms with E-state index in [2.05, 4.69) is 17.1 Å². The molecule has 132 valence electrons. The van der Waals surface area contributed by atoms with Crippen molar-refractivity contribution < 1.29 is 9.59 Å². The predicted molar refractivity (Wildman–Crippen MR) is 97.6 cm³/mol. The first-order valence-electron chi connectivity index (χ1n) is 8.04. The maximum atomic E-state index is 12.8. The Morgan fingerprint density at radius 1 is 1.12 bits per heavy atom. The molecule has 0 spiro atoms. The Bertz CT molecular complexity index is 626. The van der Waals surface area contributed by atoms with E-state index in [1.165, 1.54) is 0 Å². The molecule has 2 rings (SSSR count). The third kappa shape index (κ3) is 4.21. The van der Waals surface area contributed by atoms with Crippen molar-refractivity contribution in [3.05, 3.63) is 28.2 Å². The predicted octanol–water partition coefficient (Wildman–Crippen LogP) is 3.12. The number of anilines is 1. The monoisotopic (exact) mass is 371 g/mol. The molecule has 1 fully saturated rings. The SMILES string of the molecule is CCN1CCN(C(=O)C(C)(C)C(=O)Nc2ccc(Cl)c(Cl)c2)CC1. The Morgan fingerprint density at radius 3 is 2.29 bits per heavy atom. The molecule has 5 nitrogen and oxygen atoms in total. The Balaban J connectivity index is 2.03. The fourth-order valence-electron chi connectivity index (χ4n) is 2.62. The number of rotatable bonds is 4. The Kier molecular flexibility index (Phi) is 6.12. The lowest BCUT2D eigenvalue weighted by Gasteiger charge is -2.37. The topological polar surface area (TPSA) is 52.7 Å². The summed E-state index contributed by atoms with van der Waals surface area (Å²) in [5.74, 6) is -0.514. The molecular weight excluding hydrogens is 349 g/mol. The highest BCUT2D eigenvalue weighted by molar-refractivity contribution is 6.42. The molecule has 2 amide bonds. The van der Waals surface area contributed by atoms with Gasteiger partial charge in [0.2, 0.25) is 11.8 Å². The van der Waals surface area contributed by atoms with E-state index in [1.807, 2.05) is 0 Å². The van der Waals surface area contributed by atoms with E-state index in [-0.39, 0.29) is 11.8 Å². The van der Waals surface area contributed by atoms with Gasteiger partial charge in [-0.1, -0.05) is 30.1 Å². The number of nitrogens with one attached hydrogen (secondary N) is 1. The molecule has 1 heterocycles. The molecule has 0 aliphatic carbocycles. The Morgan fingerprint density at radius 2 is 1.75 bits per heavy atom. The molecule has 1 N–H and O–H groups in total. The molecule has 24 heavy (non-hydrogen) atoms. The minimum Gasteiger partial charge on any atom is -0.339 e. The van der Waals surface area contributed by atoms with Crippen LogP contribution in [0.2, 0.25) is 10.0 Å². The van der Waals surface area contributed by atoms with E-state index in [9.17, 15) is 9.59 Å². The molecule has 1 saturated heterocycles. The van der Waals surface area contributed by atoms with Crippen LogP contribution in [-0.2, 0) is 9.59 Å². The molecule has 0 bridgehead atoms. The zero-order valence-corrected chi connectivity index (χ0v) is 15.7. The number of amides is 2. The van der Waals surface area contributed by atoms with Gasteiger partial charge in [-0.3, -0.25) is 9.59 Å². The van der Waals surface area contributed by atoms with Crippen molar-refractivity contribution in [2.45, 2.75) is 20.8 Å². The van der Waals surface area contributed by atoms with Crippen LogP contribution in [0.5, 0.6) is 0 Å². The van der Waals surface area contributed by atoms with Crippen LogP contribution in [0, 0.1) is 5.41 Å². The first kappa shape index (κ1) is 19.0. The lowest BCUT2D eigenvalue weighted by molar-refractivity contribution is -0.147. The first-order chi connectivity index (χ1) is 11.3. The van der Waals surface area contributed by atoms with Gasteiger partial charge in [0.15, 0.2) is 0 Å². The highest BCUT2D eigenvalue weighted by Crippen LogP contribution is 2.27. The lowest BCUT2D eigenvalue weighted by Crippen LogP contribution is -2.54. The van der Waals surface area contributed by atoms with Gasteiger partial charge in [0.05, 0.1) is 10.0 Å². The van der Waals surface area contributed by atoms with Crippen molar-refractivity contribution in [3.63, 3.8) is 0 Å². The minimum absolute atomic E-state index is 0.157. The highest BCUT2D eigenvalue weighted by atomic mass is 35.5. The fourth-order valence-corrected chi connectivity index (χ4v) is 2.92. The third-order valence-electron chi connectivity index (χ3n) is 4.39. The smallest absolute Gasteiger partial charge is 0.239 e. The fraction of sp³-hybridized carbons (Fsp3) is 0.529. The summed E-state index contributed by atoms with van der Waals surface area (Å²) in [7, 11) is 0. The van der Waals surface area contributed by atoms with Gasteiger partial charge in [-0.25, -0.2) is 0 Å². The number of piperazine rings is 1. The second-order valence-electron chi connectivity index (χ2n) is 6.43. The normalized spacial score (nSPS) is 16.1. The third-order valence-corrected chi connectivity index (χ3v) is 5.13. The summed E-state index contributed by atoms with van der Waals surface area (Å²) in [6.45, 7) is 9.35. The number of hydrogen-bond acceptors (Lipinski definition) is 3. The van der Waals surface area contributed by atoms with Crippen LogP contribution < -0.4 is 5.32 Å². The summed E-state index contributed by atoms with van der Waals surface area (Å²) >= 11 is 11.8. The largest absolute Gasteiger partial charge is 0.339 e. The molecule has 0 unspecified atom stereocenters. The zero-order valence-electron chi connectivity index (χ0n) is 14.2. The van der Waals surface area contributed by atoms with E-state index in [0.717, 1.165) is 19.6 Å². The van der Waals surface area contributed by atoms with Crippen LogP contribution in [0.3, 0.4) is 0 Å². The quantitative estimate of drug-likeness (QED) is 0.827. The summed E-state index contributed by atoms with van der Waals surface area (Å²) in [5.41, 5.74) is -0.633. The van der Waals surface area contributed by atoms with Gasteiger partial charge in [0.1, 0.15) is 5.41 Å². The van der Waals surface area contributed by atoms with Gasteiger partial charge < -0.3 is 15.1 Å². The van der Waals surface area contributed by atoms with E-state index in [1.54, 1.807) is 36.9 Å². The summed E-state index contributed by atoms with van der Waals surface area (Å²) in [5, 5.41) is 3.52. The molecule has 1 aliphatic rings. The summed E-state index contributed by atoms with van der Waals surface area (Å²) < 4.78 is 0. The van der Waals surface area contributed by atoms with E-state index in [0.29, 0.717) is 28.8 Å². The Hall–Kier alpha value is -1.30. The number of halogens is 2. The minimum atomic E-state index is -1.15. The summed E-state index contributed by atoms with van der Waals surface area (Å²) in [6.07, 6.45) is 0. The van der Waals surface area contributed by atoms with Crippen LogP contribution >= 0.6 is 23.2 Å². The molecule has 7 heteroatoms. The van der Waals surface area contributed by atoms with Crippen LogP contribution in [0.15, 0.2) is 18.2 Å². The van der Waals surface area contributed by atoms with Crippen molar-refractivity contribution in [1.29, 1.82) is 0 Å².